The second-order valence-electron chi connectivity index (χ2n) is 6.16. The zero-order valence-electron chi connectivity index (χ0n) is 14.5. The van der Waals surface area contributed by atoms with E-state index in [-0.39, 0.29) is 24.3 Å². The van der Waals surface area contributed by atoms with Crippen molar-refractivity contribution in [1.29, 1.82) is 0 Å². The SMILES string of the molecule is COCC(=O)N1CCC[C@@H](C(=O)NCCN(C)c2ccccc2)C1. The molecule has 24 heavy (non-hydrogen) atoms. The number of anilines is 1. The van der Waals surface area contributed by atoms with Gasteiger partial charge in [0.15, 0.2) is 0 Å². The van der Waals surface area contributed by atoms with E-state index in [4.69, 9.17) is 4.74 Å². The Morgan fingerprint density at radius 3 is 2.79 bits per heavy atom. The maximum atomic E-state index is 12.3. The molecule has 1 aromatic rings. The molecule has 1 saturated heterocycles. The summed E-state index contributed by atoms with van der Waals surface area (Å²) in [6.07, 6.45) is 1.69. The highest BCUT2D eigenvalue weighted by Crippen LogP contribution is 2.17. The Morgan fingerprint density at radius 1 is 1.33 bits per heavy atom. The van der Waals surface area contributed by atoms with Crippen molar-refractivity contribution in [3.05, 3.63) is 30.3 Å². The minimum atomic E-state index is -0.124. The molecule has 0 bridgehead atoms. The van der Waals surface area contributed by atoms with Crippen LogP contribution in [0.1, 0.15) is 12.8 Å². The van der Waals surface area contributed by atoms with Crippen molar-refractivity contribution in [3.63, 3.8) is 0 Å². The Labute approximate surface area is 143 Å². The van der Waals surface area contributed by atoms with Crippen molar-refractivity contribution in [2.75, 3.05) is 51.8 Å². The predicted molar refractivity (Wildman–Crippen MR) is 93.9 cm³/mol. The first-order valence-corrected chi connectivity index (χ1v) is 8.42. The van der Waals surface area contributed by atoms with Gasteiger partial charge in [-0.15, -0.1) is 0 Å². The van der Waals surface area contributed by atoms with Crippen molar-refractivity contribution in [1.82, 2.24) is 10.2 Å². The van der Waals surface area contributed by atoms with Gasteiger partial charge < -0.3 is 19.9 Å². The maximum absolute atomic E-state index is 12.3. The molecule has 6 nitrogen and oxygen atoms in total. The zero-order chi connectivity index (χ0) is 17.4. The van der Waals surface area contributed by atoms with Crippen molar-refractivity contribution < 1.29 is 14.3 Å². The number of likely N-dealkylation sites (tertiary alicyclic amines) is 1. The fraction of sp³-hybridized carbons (Fsp3) is 0.556. The second-order valence-corrected chi connectivity index (χ2v) is 6.16. The molecule has 1 atom stereocenters. The lowest BCUT2D eigenvalue weighted by Gasteiger charge is -2.32. The molecule has 1 aliphatic rings. The fourth-order valence-electron chi connectivity index (χ4n) is 2.94. The number of piperidine rings is 1. The number of hydrogen-bond acceptors (Lipinski definition) is 4. The van der Waals surface area contributed by atoms with E-state index in [9.17, 15) is 9.59 Å². The van der Waals surface area contributed by atoms with Crippen molar-refractivity contribution >= 4 is 17.5 Å². The highest BCUT2D eigenvalue weighted by molar-refractivity contribution is 5.81. The molecule has 1 aliphatic heterocycles. The summed E-state index contributed by atoms with van der Waals surface area (Å²) < 4.78 is 4.89. The lowest BCUT2D eigenvalue weighted by atomic mass is 9.97. The third-order valence-electron chi connectivity index (χ3n) is 4.36. The zero-order valence-corrected chi connectivity index (χ0v) is 14.5. The van der Waals surface area contributed by atoms with Crippen molar-refractivity contribution in [2.24, 2.45) is 5.92 Å². The number of carbonyl (C=O) groups is 2. The summed E-state index contributed by atoms with van der Waals surface area (Å²) in [4.78, 5) is 28.1. The number of methoxy groups -OCH3 is 1. The van der Waals surface area contributed by atoms with Gasteiger partial charge in [-0.25, -0.2) is 0 Å². The summed E-state index contributed by atoms with van der Waals surface area (Å²) in [5, 5.41) is 2.99. The molecule has 0 aliphatic carbocycles. The summed E-state index contributed by atoms with van der Waals surface area (Å²) in [7, 11) is 3.52. The summed E-state index contributed by atoms with van der Waals surface area (Å²) in [5.41, 5.74) is 1.13. The van der Waals surface area contributed by atoms with Gasteiger partial charge in [0.25, 0.3) is 0 Å². The van der Waals surface area contributed by atoms with E-state index in [1.165, 1.54) is 7.11 Å². The molecule has 0 aromatic heterocycles. The van der Waals surface area contributed by atoms with Crippen molar-refractivity contribution in [2.45, 2.75) is 12.8 Å². The Morgan fingerprint density at radius 2 is 2.08 bits per heavy atom. The van der Waals surface area contributed by atoms with E-state index in [2.05, 4.69) is 10.2 Å². The monoisotopic (exact) mass is 333 g/mol. The van der Waals surface area contributed by atoms with Crippen LogP contribution in [0.15, 0.2) is 30.3 Å². The molecule has 132 valence electrons. The first-order chi connectivity index (χ1) is 11.6. The predicted octanol–water partition coefficient (Wildman–Crippen LogP) is 1.12. The molecule has 6 heteroatoms. The van der Waals surface area contributed by atoms with Crippen LogP contribution in [0.5, 0.6) is 0 Å². The molecule has 2 amide bonds. The minimum Gasteiger partial charge on any atom is -0.375 e. The average molecular weight is 333 g/mol. The summed E-state index contributed by atoms with van der Waals surface area (Å²) in [6.45, 7) is 2.61. The number of carbonyl (C=O) groups excluding carboxylic acids is 2. The Hall–Kier alpha value is -2.08. The molecule has 1 fully saturated rings. The van der Waals surface area contributed by atoms with Gasteiger partial charge in [-0.3, -0.25) is 9.59 Å². The van der Waals surface area contributed by atoms with Crippen molar-refractivity contribution in [3.8, 4) is 0 Å². The van der Waals surface area contributed by atoms with Crippen LogP contribution in [-0.2, 0) is 14.3 Å². The first kappa shape index (κ1) is 18.3. The molecule has 0 saturated carbocycles. The molecule has 0 spiro atoms. The minimum absolute atomic E-state index is 0.0337. The van der Waals surface area contributed by atoms with Crippen LogP contribution in [-0.4, -0.2) is 63.7 Å². The molecule has 1 aromatic carbocycles. The standard InChI is InChI=1S/C18H27N3O3/c1-20(16-8-4-3-5-9-16)12-10-19-18(23)15-7-6-11-21(13-15)17(22)14-24-2/h3-5,8-9,15H,6-7,10-14H2,1-2H3,(H,19,23)/t15-/m1/s1. The van der Waals surface area contributed by atoms with Gasteiger partial charge in [-0.2, -0.15) is 0 Å². The number of rotatable bonds is 7. The van der Waals surface area contributed by atoms with Crippen LogP contribution >= 0.6 is 0 Å². The van der Waals surface area contributed by atoms with Gasteiger partial charge in [-0.05, 0) is 25.0 Å². The smallest absolute Gasteiger partial charge is 0.248 e. The van der Waals surface area contributed by atoms with Gasteiger partial charge in [0.1, 0.15) is 6.61 Å². The molecular weight excluding hydrogens is 306 g/mol. The quantitative estimate of drug-likeness (QED) is 0.812. The average Bonchev–Trinajstić information content (AvgIpc) is 2.62. The maximum Gasteiger partial charge on any atom is 0.248 e. The summed E-state index contributed by atoms with van der Waals surface area (Å²) >= 11 is 0. The third kappa shape index (κ3) is 5.23. The Kier molecular flexibility index (Phi) is 7.06. The molecule has 1 N–H and O–H groups in total. The third-order valence-corrected chi connectivity index (χ3v) is 4.36. The number of benzene rings is 1. The highest BCUT2D eigenvalue weighted by atomic mass is 16.5. The van der Waals surface area contributed by atoms with Crippen LogP contribution < -0.4 is 10.2 Å². The lowest BCUT2D eigenvalue weighted by molar-refractivity contribution is -0.138. The van der Waals surface area contributed by atoms with Gasteiger partial charge in [0.2, 0.25) is 11.8 Å². The molecular formula is C18H27N3O3. The van der Waals surface area contributed by atoms with Crippen LogP contribution in [0.4, 0.5) is 5.69 Å². The Bertz CT molecular complexity index is 536. The molecule has 1 heterocycles. The van der Waals surface area contributed by atoms with Gasteiger partial charge >= 0.3 is 0 Å². The fourth-order valence-corrected chi connectivity index (χ4v) is 2.94. The number of nitrogens with zero attached hydrogens (tertiary/aromatic N) is 2. The number of nitrogens with one attached hydrogen (secondary N) is 1. The molecule has 0 radical (unpaired) electrons. The van der Waals surface area contributed by atoms with Crippen LogP contribution in [0, 0.1) is 5.92 Å². The van der Waals surface area contributed by atoms with E-state index >= 15 is 0 Å². The number of para-hydroxylation sites is 1. The number of ether oxygens (including phenoxy) is 1. The lowest BCUT2D eigenvalue weighted by Crippen LogP contribution is -2.47. The molecule has 2 rings (SSSR count). The van der Waals surface area contributed by atoms with Gasteiger partial charge in [-0.1, -0.05) is 18.2 Å². The first-order valence-electron chi connectivity index (χ1n) is 8.42. The summed E-state index contributed by atoms with van der Waals surface area (Å²) in [6, 6.07) is 10.1. The van der Waals surface area contributed by atoms with Crippen LogP contribution in [0.25, 0.3) is 0 Å². The van der Waals surface area contributed by atoms with E-state index in [0.717, 1.165) is 25.1 Å². The van der Waals surface area contributed by atoms with Gasteiger partial charge in [0, 0.05) is 46.0 Å². The van der Waals surface area contributed by atoms with E-state index < -0.39 is 0 Å². The number of likely N-dealkylation sites (N-methyl/N-ethyl adjacent to an activating group) is 1. The molecule has 0 unspecified atom stereocenters. The number of amides is 2. The van der Waals surface area contributed by atoms with E-state index in [1.807, 2.05) is 37.4 Å². The topological polar surface area (TPSA) is 61.9 Å². The normalized spacial score (nSPS) is 17.4. The van der Waals surface area contributed by atoms with Gasteiger partial charge in [0.05, 0.1) is 5.92 Å². The van der Waals surface area contributed by atoms with E-state index in [0.29, 0.717) is 19.6 Å². The number of hydrogen-bond donors (Lipinski definition) is 1. The second kappa shape index (κ2) is 9.27. The van der Waals surface area contributed by atoms with E-state index in [1.54, 1.807) is 4.90 Å². The largest absolute Gasteiger partial charge is 0.375 e. The van der Waals surface area contributed by atoms with Crippen LogP contribution in [0.2, 0.25) is 0 Å². The highest BCUT2D eigenvalue weighted by Gasteiger charge is 2.28. The Balaban J connectivity index is 1.75. The summed E-state index contributed by atoms with van der Waals surface area (Å²) in [5.74, 6) is -0.133. The van der Waals surface area contributed by atoms with Crippen LogP contribution in [0.3, 0.4) is 0 Å².